The van der Waals surface area contributed by atoms with Gasteiger partial charge in [0.2, 0.25) is 0 Å². The van der Waals surface area contributed by atoms with E-state index in [4.69, 9.17) is 10.00 Å². The third-order valence-corrected chi connectivity index (χ3v) is 3.10. The van der Waals surface area contributed by atoms with Gasteiger partial charge < -0.3 is 4.74 Å². The van der Waals surface area contributed by atoms with Crippen LogP contribution in [0.1, 0.15) is 32.5 Å². The summed E-state index contributed by atoms with van der Waals surface area (Å²) in [7, 11) is 0. The Hall–Kier alpha value is -0.990. The molecule has 0 radical (unpaired) electrons. The molecule has 1 aromatic rings. The van der Waals surface area contributed by atoms with Crippen LogP contribution in [0.2, 0.25) is 0 Å². The second-order valence-corrected chi connectivity index (χ2v) is 5.75. The number of nitriles is 1. The molecule has 16 heavy (non-hydrogen) atoms. The molecule has 4 nitrogen and oxygen atoms in total. The fourth-order valence-electron chi connectivity index (χ4n) is 1.67. The maximum absolute atomic E-state index is 8.67. The van der Waals surface area contributed by atoms with Gasteiger partial charge in [0.15, 0.2) is 0 Å². The van der Waals surface area contributed by atoms with Crippen molar-refractivity contribution in [3.63, 3.8) is 0 Å². The van der Waals surface area contributed by atoms with Crippen LogP contribution in [-0.2, 0) is 10.2 Å². The molecule has 2 heterocycles. The van der Waals surface area contributed by atoms with Crippen molar-refractivity contribution in [2.75, 3.05) is 13.2 Å². The lowest BCUT2D eigenvalue weighted by atomic mass is 9.92. The van der Waals surface area contributed by atoms with Crippen molar-refractivity contribution in [3.8, 4) is 5.40 Å². The van der Waals surface area contributed by atoms with Gasteiger partial charge in [-0.2, -0.15) is 10.4 Å². The molecule has 0 spiro atoms. The van der Waals surface area contributed by atoms with Gasteiger partial charge in [-0.3, -0.25) is 4.68 Å². The first-order valence-electron chi connectivity index (χ1n) is 5.26. The van der Waals surface area contributed by atoms with Gasteiger partial charge in [-0.05, 0) is 6.07 Å². The van der Waals surface area contributed by atoms with Crippen molar-refractivity contribution in [2.24, 2.45) is 0 Å². The summed E-state index contributed by atoms with van der Waals surface area (Å²) < 4.78 is 7.21. The quantitative estimate of drug-likeness (QED) is 0.585. The second-order valence-electron chi connectivity index (χ2n) is 4.95. The van der Waals surface area contributed by atoms with Crippen molar-refractivity contribution in [1.82, 2.24) is 9.78 Å². The number of rotatable bonds is 2. The van der Waals surface area contributed by atoms with Crippen LogP contribution in [0.5, 0.6) is 0 Å². The highest BCUT2D eigenvalue weighted by molar-refractivity contribution is 8.03. The minimum absolute atomic E-state index is 0.0385. The molecular formula is C11H15N3OS. The first-order valence-corrected chi connectivity index (χ1v) is 6.07. The highest BCUT2D eigenvalue weighted by Crippen LogP contribution is 2.31. The Bertz CT molecular complexity index is 423. The Morgan fingerprint density at radius 1 is 1.56 bits per heavy atom. The summed E-state index contributed by atoms with van der Waals surface area (Å²) in [5.41, 5.74) is 1.20. The smallest absolute Gasteiger partial charge is 0.140 e. The van der Waals surface area contributed by atoms with Crippen LogP contribution in [0.25, 0.3) is 0 Å². The van der Waals surface area contributed by atoms with Gasteiger partial charge in [-0.15, -0.1) is 0 Å². The predicted molar refractivity (Wildman–Crippen MR) is 62.3 cm³/mol. The Balaban J connectivity index is 2.36. The molecule has 5 heteroatoms. The van der Waals surface area contributed by atoms with E-state index in [2.05, 4.69) is 31.3 Å². The predicted octanol–water partition coefficient (Wildman–Crippen LogP) is 2.33. The zero-order valence-corrected chi connectivity index (χ0v) is 10.5. The summed E-state index contributed by atoms with van der Waals surface area (Å²) in [6.07, 6.45) is 0. The monoisotopic (exact) mass is 237 g/mol. The number of ether oxygens (including phenoxy) is 1. The number of nitrogens with zero attached hydrogens (tertiary/aromatic N) is 3. The number of hydrogen-bond donors (Lipinski definition) is 0. The maximum atomic E-state index is 8.67. The summed E-state index contributed by atoms with van der Waals surface area (Å²) >= 11 is 1.11. The van der Waals surface area contributed by atoms with E-state index in [0.717, 1.165) is 30.0 Å². The van der Waals surface area contributed by atoms with Gasteiger partial charge in [0.25, 0.3) is 0 Å². The zero-order valence-electron chi connectivity index (χ0n) is 9.73. The second kappa shape index (κ2) is 4.11. The molecule has 0 saturated carbocycles. The van der Waals surface area contributed by atoms with Crippen molar-refractivity contribution in [3.05, 3.63) is 11.8 Å². The van der Waals surface area contributed by atoms with E-state index in [1.54, 1.807) is 0 Å². The lowest BCUT2D eigenvalue weighted by molar-refractivity contribution is -0.0312. The van der Waals surface area contributed by atoms with Crippen LogP contribution in [0.4, 0.5) is 0 Å². The van der Waals surface area contributed by atoms with Gasteiger partial charge in [-0.1, -0.05) is 20.8 Å². The third-order valence-electron chi connectivity index (χ3n) is 2.60. The van der Waals surface area contributed by atoms with Gasteiger partial charge in [0.1, 0.15) is 10.4 Å². The fourth-order valence-corrected chi connectivity index (χ4v) is 2.06. The van der Waals surface area contributed by atoms with E-state index in [-0.39, 0.29) is 5.41 Å². The van der Waals surface area contributed by atoms with Crippen LogP contribution in [-0.4, -0.2) is 23.0 Å². The summed E-state index contributed by atoms with van der Waals surface area (Å²) in [4.78, 5) is 0. The Kier molecular flexibility index (Phi) is 2.96. The van der Waals surface area contributed by atoms with Crippen molar-refractivity contribution in [1.29, 1.82) is 5.26 Å². The van der Waals surface area contributed by atoms with Crippen molar-refractivity contribution < 1.29 is 4.74 Å². The van der Waals surface area contributed by atoms with Crippen molar-refractivity contribution >= 4 is 11.8 Å². The molecule has 1 aromatic heterocycles. The van der Waals surface area contributed by atoms with Gasteiger partial charge >= 0.3 is 0 Å². The first kappa shape index (κ1) is 11.5. The molecule has 1 aliphatic rings. The lowest BCUT2D eigenvalue weighted by Gasteiger charge is -2.31. The van der Waals surface area contributed by atoms with Crippen LogP contribution in [0.15, 0.2) is 11.1 Å². The summed E-state index contributed by atoms with van der Waals surface area (Å²) in [5, 5.41) is 16.0. The van der Waals surface area contributed by atoms with Crippen LogP contribution < -0.4 is 0 Å². The van der Waals surface area contributed by atoms with Crippen LogP contribution in [0, 0.1) is 10.7 Å². The molecule has 1 saturated heterocycles. The molecule has 1 fully saturated rings. The minimum Gasteiger partial charge on any atom is -0.377 e. The Morgan fingerprint density at radius 3 is 2.69 bits per heavy atom. The van der Waals surface area contributed by atoms with E-state index in [1.165, 1.54) is 5.69 Å². The number of aromatic nitrogens is 2. The normalized spacial score (nSPS) is 16.9. The standard InChI is InChI=1S/C11H15N3OS/c1-11(2,3)9-4-10(16-7-12)13-14(9)8-5-15-6-8/h4,8H,5-6H2,1-3H3. The summed E-state index contributed by atoms with van der Waals surface area (Å²) in [6, 6.07) is 2.34. The van der Waals surface area contributed by atoms with E-state index < -0.39 is 0 Å². The molecule has 1 aliphatic heterocycles. The molecule has 0 amide bonds. The molecule has 0 atom stereocenters. The lowest BCUT2D eigenvalue weighted by Crippen LogP contribution is -2.34. The van der Waals surface area contributed by atoms with E-state index >= 15 is 0 Å². The molecule has 2 rings (SSSR count). The topological polar surface area (TPSA) is 50.8 Å². The van der Waals surface area contributed by atoms with E-state index in [9.17, 15) is 0 Å². The minimum atomic E-state index is 0.0385. The number of thiocyanates is 1. The molecule has 0 bridgehead atoms. The highest BCUT2D eigenvalue weighted by atomic mass is 32.2. The average Bonchev–Trinajstić information content (AvgIpc) is 2.45. The first-order chi connectivity index (χ1) is 7.52. The Labute approximate surface area is 99.6 Å². The maximum Gasteiger partial charge on any atom is 0.140 e. The van der Waals surface area contributed by atoms with Crippen molar-refractivity contribution in [2.45, 2.75) is 37.3 Å². The summed E-state index contributed by atoms with van der Waals surface area (Å²) in [6.45, 7) is 7.91. The Morgan fingerprint density at radius 2 is 2.25 bits per heavy atom. The van der Waals surface area contributed by atoms with Gasteiger partial charge in [0, 0.05) is 22.9 Å². The number of thioether (sulfide) groups is 1. The average molecular weight is 237 g/mol. The molecular weight excluding hydrogens is 222 g/mol. The van der Waals surface area contributed by atoms with Crippen LogP contribution in [0.3, 0.4) is 0 Å². The molecule has 0 N–H and O–H groups in total. The number of hydrogen-bond acceptors (Lipinski definition) is 4. The van der Waals surface area contributed by atoms with E-state index in [0.29, 0.717) is 6.04 Å². The molecule has 0 unspecified atom stereocenters. The molecule has 86 valence electrons. The SMILES string of the molecule is CC(C)(C)c1cc(SC#N)nn1C1COC1. The fraction of sp³-hybridized carbons (Fsp3) is 0.636. The third kappa shape index (κ3) is 2.08. The van der Waals surface area contributed by atoms with E-state index in [1.807, 2.05) is 10.7 Å². The highest BCUT2D eigenvalue weighted by Gasteiger charge is 2.29. The summed E-state index contributed by atoms with van der Waals surface area (Å²) in [5.74, 6) is 0. The largest absolute Gasteiger partial charge is 0.377 e. The molecule has 0 aromatic carbocycles. The zero-order chi connectivity index (χ0) is 11.8. The van der Waals surface area contributed by atoms with Gasteiger partial charge in [0.05, 0.1) is 19.3 Å². The van der Waals surface area contributed by atoms with Gasteiger partial charge in [-0.25, -0.2) is 0 Å². The molecule has 0 aliphatic carbocycles. The van der Waals surface area contributed by atoms with Crippen LogP contribution >= 0.6 is 11.8 Å².